The zero-order valence-corrected chi connectivity index (χ0v) is 10.9. The summed E-state index contributed by atoms with van der Waals surface area (Å²) in [5.41, 5.74) is 0. The molecule has 2 rings (SSSR count). The molecule has 4 heteroatoms. The van der Waals surface area contributed by atoms with Crippen molar-refractivity contribution < 1.29 is 9.47 Å². The molecule has 1 aromatic carbocycles. The summed E-state index contributed by atoms with van der Waals surface area (Å²) in [7, 11) is 0. The van der Waals surface area contributed by atoms with Gasteiger partial charge in [-0.15, -0.1) is 0 Å². The Balaban J connectivity index is 1.80. The minimum atomic E-state index is 0.146. The lowest BCUT2D eigenvalue weighted by atomic mass is 10.2. The number of rotatable bonds is 3. The van der Waals surface area contributed by atoms with Crippen LogP contribution in [0.5, 0.6) is 5.75 Å². The number of hydrogen-bond acceptors (Lipinski definition) is 3. The highest BCUT2D eigenvalue weighted by Crippen LogP contribution is 2.16. The largest absolute Gasteiger partial charge is 0.491 e. The van der Waals surface area contributed by atoms with Gasteiger partial charge in [-0.1, -0.05) is 15.9 Å². The summed E-state index contributed by atoms with van der Waals surface area (Å²) in [4.78, 5) is 0. The van der Waals surface area contributed by atoms with E-state index in [1.807, 2.05) is 24.3 Å². The Morgan fingerprint density at radius 3 is 2.81 bits per heavy atom. The highest BCUT2D eigenvalue weighted by atomic mass is 79.9. The maximum absolute atomic E-state index is 5.73. The molecule has 1 fully saturated rings. The fourth-order valence-corrected chi connectivity index (χ4v) is 1.95. The summed E-state index contributed by atoms with van der Waals surface area (Å²) in [5.74, 6) is 0.880. The van der Waals surface area contributed by atoms with Crippen LogP contribution in [0, 0.1) is 0 Å². The van der Waals surface area contributed by atoms with E-state index in [0.29, 0.717) is 6.61 Å². The minimum Gasteiger partial charge on any atom is -0.491 e. The van der Waals surface area contributed by atoms with Crippen LogP contribution in [0.2, 0.25) is 0 Å². The maximum atomic E-state index is 5.73. The average molecular weight is 286 g/mol. The van der Waals surface area contributed by atoms with Gasteiger partial charge in [0.2, 0.25) is 0 Å². The topological polar surface area (TPSA) is 30.5 Å². The van der Waals surface area contributed by atoms with Crippen molar-refractivity contribution in [1.82, 2.24) is 5.32 Å². The van der Waals surface area contributed by atoms with E-state index in [-0.39, 0.29) is 12.2 Å². The average Bonchev–Trinajstić information content (AvgIpc) is 2.28. The van der Waals surface area contributed by atoms with Gasteiger partial charge in [-0.3, -0.25) is 0 Å². The molecule has 0 aliphatic carbocycles. The SMILES string of the molecule is CC1CNCC(COc2ccc(Br)cc2)O1. The molecule has 1 aliphatic rings. The van der Waals surface area contributed by atoms with Gasteiger partial charge in [-0.2, -0.15) is 0 Å². The minimum absolute atomic E-state index is 0.146. The molecule has 2 unspecified atom stereocenters. The van der Waals surface area contributed by atoms with Crippen molar-refractivity contribution in [2.75, 3.05) is 19.7 Å². The Kier molecular flexibility index (Phi) is 4.21. The van der Waals surface area contributed by atoms with Gasteiger partial charge in [0, 0.05) is 17.6 Å². The van der Waals surface area contributed by atoms with Crippen LogP contribution in [0.3, 0.4) is 0 Å². The first kappa shape index (κ1) is 11.9. The number of halogens is 1. The van der Waals surface area contributed by atoms with Gasteiger partial charge < -0.3 is 14.8 Å². The molecule has 0 aromatic heterocycles. The predicted octanol–water partition coefficient (Wildman–Crippen LogP) is 2.20. The third-order valence-corrected chi connectivity index (χ3v) is 3.01. The van der Waals surface area contributed by atoms with Gasteiger partial charge in [-0.25, -0.2) is 0 Å². The molecular formula is C12H16BrNO2. The Morgan fingerprint density at radius 2 is 2.12 bits per heavy atom. The van der Waals surface area contributed by atoms with E-state index < -0.39 is 0 Å². The second-order valence-corrected chi connectivity index (χ2v) is 4.91. The van der Waals surface area contributed by atoms with Crippen molar-refractivity contribution in [3.63, 3.8) is 0 Å². The monoisotopic (exact) mass is 285 g/mol. The molecule has 0 spiro atoms. The molecule has 1 N–H and O–H groups in total. The van der Waals surface area contributed by atoms with Crippen molar-refractivity contribution in [2.45, 2.75) is 19.1 Å². The number of benzene rings is 1. The zero-order valence-electron chi connectivity index (χ0n) is 9.28. The fraction of sp³-hybridized carbons (Fsp3) is 0.500. The first-order valence-electron chi connectivity index (χ1n) is 5.48. The Labute approximate surface area is 104 Å². The van der Waals surface area contributed by atoms with Crippen molar-refractivity contribution >= 4 is 15.9 Å². The van der Waals surface area contributed by atoms with Crippen LogP contribution in [0.15, 0.2) is 28.7 Å². The molecule has 3 nitrogen and oxygen atoms in total. The van der Waals surface area contributed by atoms with Gasteiger partial charge in [0.25, 0.3) is 0 Å². The molecule has 1 saturated heterocycles. The number of hydrogen-bond donors (Lipinski definition) is 1. The standard InChI is InChI=1S/C12H16BrNO2/c1-9-6-14-7-12(16-9)8-15-11-4-2-10(13)3-5-11/h2-5,9,12,14H,6-8H2,1H3. The first-order chi connectivity index (χ1) is 7.74. The summed E-state index contributed by atoms with van der Waals surface area (Å²) in [6, 6.07) is 7.84. The van der Waals surface area contributed by atoms with Crippen molar-refractivity contribution in [3.05, 3.63) is 28.7 Å². The summed E-state index contributed by atoms with van der Waals surface area (Å²) in [6.07, 6.45) is 0.416. The predicted molar refractivity (Wildman–Crippen MR) is 66.8 cm³/mol. The lowest BCUT2D eigenvalue weighted by Gasteiger charge is -2.28. The lowest BCUT2D eigenvalue weighted by molar-refractivity contribution is -0.0470. The number of nitrogens with one attached hydrogen (secondary N) is 1. The summed E-state index contributed by atoms with van der Waals surface area (Å²) >= 11 is 3.39. The van der Waals surface area contributed by atoms with Crippen molar-refractivity contribution in [2.24, 2.45) is 0 Å². The van der Waals surface area contributed by atoms with Crippen molar-refractivity contribution in [3.8, 4) is 5.75 Å². The van der Waals surface area contributed by atoms with Crippen LogP contribution in [-0.2, 0) is 4.74 Å². The van der Waals surface area contributed by atoms with Crippen LogP contribution in [0.4, 0.5) is 0 Å². The molecular weight excluding hydrogens is 270 g/mol. The van der Waals surface area contributed by atoms with E-state index in [4.69, 9.17) is 9.47 Å². The van der Waals surface area contributed by atoms with E-state index in [1.54, 1.807) is 0 Å². The molecule has 1 aromatic rings. The van der Waals surface area contributed by atoms with Gasteiger partial charge in [0.15, 0.2) is 0 Å². The smallest absolute Gasteiger partial charge is 0.119 e. The van der Waals surface area contributed by atoms with Gasteiger partial charge in [-0.05, 0) is 31.2 Å². The highest BCUT2D eigenvalue weighted by molar-refractivity contribution is 9.10. The maximum Gasteiger partial charge on any atom is 0.119 e. The van der Waals surface area contributed by atoms with Gasteiger partial charge in [0.05, 0.1) is 6.10 Å². The summed E-state index contributed by atoms with van der Waals surface area (Å²) < 4.78 is 12.5. The fourth-order valence-electron chi connectivity index (χ4n) is 1.69. The molecule has 1 aliphatic heterocycles. The van der Waals surface area contributed by atoms with E-state index in [9.17, 15) is 0 Å². The zero-order chi connectivity index (χ0) is 11.4. The van der Waals surface area contributed by atoms with Crippen LogP contribution in [0.25, 0.3) is 0 Å². The Hall–Kier alpha value is -0.580. The molecule has 2 atom stereocenters. The summed E-state index contributed by atoms with van der Waals surface area (Å²) in [6.45, 7) is 4.45. The highest BCUT2D eigenvalue weighted by Gasteiger charge is 2.18. The van der Waals surface area contributed by atoms with Gasteiger partial charge in [0.1, 0.15) is 18.5 Å². The molecule has 16 heavy (non-hydrogen) atoms. The lowest BCUT2D eigenvalue weighted by Crippen LogP contribution is -2.45. The van der Waals surface area contributed by atoms with Crippen molar-refractivity contribution in [1.29, 1.82) is 0 Å². The molecule has 88 valence electrons. The quantitative estimate of drug-likeness (QED) is 0.924. The first-order valence-corrected chi connectivity index (χ1v) is 6.28. The third-order valence-electron chi connectivity index (χ3n) is 2.48. The van der Waals surface area contributed by atoms with E-state index in [2.05, 4.69) is 28.2 Å². The second kappa shape index (κ2) is 5.66. The molecule has 0 radical (unpaired) electrons. The molecule has 1 heterocycles. The second-order valence-electron chi connectivity index (χ2n) is 3.99. The molecule has 0 bridgehead atoms. The van der Waals surface area contributed by atoms with E-state index in [1.165, 1.54) is 0 Å². The van der Waals surface area contributed by atoms with E-state index >= 15 is 0 Å². The van der Waals surface area contributed by atoms with Crippen LogP contribution >= 0.6 is 15.9 Å². The normalized spacial score (nSPS) is 25.4. The molecule has 0 amide bonds. The summed E-state index contributed by atoms with van der Waals surface area (Å²) in [5, 5.41) is 3.32. The van der Waals surface area contributed by atoms with Crippen LogP contribution < -0.4 is 10.1 Å². The third kappa shape index (κ3) is 3.47. The number of morpholine rings is 1. The van der Waals surface area contributed by atoms with Gasteiger partial charge >= 0.3 is 0 Å². The van der Waals surface area contributed by atoms with Crippen LogP contribution in [0.1, 0.15) is 6.92 Å². The van der Waals surface area contributed by atoms with Crippen LogP contribution in [-0.4, -0.2) is 31.9 Å². The number of ether oxygens (including phenoxy) is 2. The molecule has 0 saturated carbocycles. The Bertz CT molecular complexity index is 328. The van der Waals surface area contributed by atoms with E-state index in [0.717, 1.165) is 23.3 Å². The Morgan fingerprint density at radius 1 is 1.38 bits per heavy atom.